The fourth-order valence-electron chi connectivity index (χ4n) is 6.18. The molecule has 1 aliphatic carbocycles. The van der Waals surface area contributed by atoms with E-state index in [1.54, 1.807) is 13.8 Å². The Bertz CT molecular complexity index is 1590. The summed E-state index contributed by atoms with van der Waals surface area (Å²) in [6, 6.07) is 0. The van der Waals surface area contributed by atoms with Crippen LogP contribution in [0, 0.1) is 36.5 Å². The number of fused-ring (bicyclic) bond motifs is 15. The van der Waals surface area contributed by atoms with E-state index in [-0.39, 0.29) is 16.7 Å². The molecular formula is C35H45NO12. The Kier molecular flexibility index (Phi) is 12.4. The number of nitrogens with one attached hydrogen (secondary N) is 1. The minimum absolute atomic E-state index is 0.164. The third kappa shape index (κ3) is 7.36. The number of aromatic hydroxyl groups is 2. The first kappa shape index (κ1) is 38.5. The Morgan fingerprint density at radius 2 is 1.25 bits per heavy atom. The van der Waals surface area contributed by atoms with Crippen LogP contribution in [0.5, 0.6) is 11.5 Å². The summed E-state index contributed by atoms with van der Waals surface area (Å²) in [4.78, 5) is 53.8. The highest BCUT2D eigenvalue weighted by molar-refractivity contribution is 6.31. The predicted molar refractivity (Wildman–Crippen MR) is 173 cm³/mol. The summed E-state index contributed by atoms with van der Waals surface area (Å²) < 4.78 is 0. The lowest BCUT2D eigenvalue weighted by molar-refractivity contribution is -0.117. The fourth-order valence-corrected chi connectivity index (χ4v) is 6.18. The molecule has 4 rings (SSSR count). The molecule has 0 radical (unpaired) electrons. The summed E-state index contributed by atoms with van der Waals surface area (Å²) in [6.45, 7) is 7.26. The molecule has 0 aromatic heterocycles. The molecule has 13 heteroatoms. The Hall–Kier alpha value is -3.98. The Morgan fingerprint density at radius 3 is 1.79 bits per heavy atom. The van der Waals surface area contributed by atoms with Gasteiger partial charge < -0.3 is 46.2 Å². The summed E-state index contributed by atoms with van der Waals surface area (Å²) in [6.07, 6.45) is 0.837. The molecule has 9 atom stereocenters. The first-order chi connectivity index (χ1) is 22.4. The lowest BCUT2D eigenvalue weighted by Crippen LogP contribution is -2.46. The van der Waals surface area contributed by atoms with Gasteiger partial charge in [0.25, 0.3) is 5.91 Å². The lowest BCUT2D eigenvalue weighted by atomic mass is 9.76. The van der Waals surface area contributed by atoms with Gasteiger partial charge in [-0.3, -0.25) is 19.2 Å². The van der Waals surface area contributed by atoms with Crippen molar-refractivity contribution in [3.63, 3.8) is 0 Å². The van der Waals surface area contributed by atoms with Crippen LogP contribution in [0.15, 0.2) is 47.2 Å². The van der Waals surface area contributed by atoms with Crippen molar-refractivity contribution in [1.29, 1.82) is 0 Å². The molecule has 262 valence electrons. The fraction of sp³-hybridized carbons (Fsp3) is 0.486. The van der Waals surface area contributed by atoms with E-state index >= 15 is 0 Å². The molecule has 4 bridgehead atoms. The maximum absolute atomic E-state index is 13.8. The highest BCUT2D eigenvalue weighted by Crippen LogP contribution is 2.41. The number of phenolic OH excluding ortho intramolecular Hbond substituents is 2. The molecule has 2 aliphatic heterocycles. The van der Waals surface area contributed by atoms with Crippen molar-refractivity contribution >= 4 is 23.3 Å². The van der Waals surface area contributed by atoms with Crippen LogP contribution < -0.4 is 5.32 Å². The molecular weight excluding hydrogens is 626 g/mol. The Morgan fingerprint density at radius 1 is 0.729 bits per heavy atom. The molecule has 0 spiro atoms. The number of benzene rings is 1. The van der Waals surface area contributed by atoms with Gasteiger partial charge in [0.1, 0.15) is 11.5 Å². The second kappa shape index (κ2) is 15.5. The highest BCUT2D eigenvalue weighted by atomic mass is 16.3. The average molecular weight is 672 g/mol. The van der Waals surface area contributed by atoms with E-state index in [4.69, 9.17) is 0 Å². The predicted octanol–water partition coefficient (Wildman–Crippen LogP) is 0.999. The Labute approximate surface area is 278 Å². The summed E-state index contributed by atoms with van der Waals surface area (Å²) in [5.41, 5.74) is -3.16. The normalized spacial score (nSPS) is 34.1. The number of amides is 1. The van der Waals surface area contributed by atoms with Crippen LogP contribution in [0.3, 0.4) is 0 Å². The van der Waals surface area contributed by atoms with Crippen molar-refractivity contribution < 1.29 is 60.0 Å². The molecule has 0 fully saturated rings. The van der Waals surface area contributed by atoms with E-state index < -0.39 is 124 Å². The van der Waals surface area contributed by atoms with E-state index in [1.165, 1.54) is 52.0 Å². The van der Waals surface area contributed by atoms with Crippen molar-refractivity contribution in [2.45, 2.75) is 66.0 Å². The quantitative estimate of drug-likeness (QED) is 0.214. The van der Waals surface area contributed by atoms with Gasteiger partial charge in [-0.05, 0) is 19.4 Å². The van der Waals surface area contributed by atoms with Crippen LogP contribution in [-0.2, 0) is 4.79 Å². The number of rotatable bonds is 2. The van der Waals surface area contributed by atoms with Crippen molar-refractivity contribution in [2.24, 2.45) is 29.6 Å². The smallest absolute Gasteiger partial charge is 0.254 e. The number of Topliss-reactive ketones (excluding diaryl/α,β-unsaturated/α-hetero) is 2. The van der Waals surface area contributed by atoms with Gasteiger partial charge >= 0.3 is 0 Å². The molecule has 1 amide bonds. The van der Waals surface area contributed by atoms with Crippen molar-refractivity contribution in [3.05, 3.63) is 69.5 Å². The average Bonchev–Trinajstić information content (AvgIpc) is 3.06. The summed E-state index contributed by atoms with van der Waals surface area (Å²) in [7, 11) is 0. The molecule has 0 saturated heterocycles. The second-order valence-electron chi connectivity index (χ2n) is 12.8. The number of allylic oxidation sites excluding steroid dienone is 5. The van der Waals surface area contributed by atoms with Gasteiger partial charge in [-0.25, -0.2) is 0 Å². The van der Waals surface area contributed by atoms with Gasteiger partial charge in [-0.15, -0.1) is 0 Å². The zero-order valence-corrected chi connectivity index (χ0v) is 27.7. The maximum Gasteiger partial charge on any atom is 0.254 e. The van der Waals surface area contributed by atoms with Crippen LogP contribution in [0.2, 0.25) is 0 Å². The molecule has 48 heavy (non-hydrogen) atoms. The second-order valence-corrected chi connectivity index (χ2v) is 12.8. The lowest BCUT2D eigenvalue weighted by Gasteiger charge is -2.37. The number of aliphatic hydroxyl groups is 6. The zero-order chi connectivity index (χ0) is 36.4. The van der Waals surface area contributed by atoms with E-state index in [2.05, 4.69) is 5.32 Å². The van der Waals surface area contributed by atoms with Gasteiger partial charge in [0.15, 0.2) is 11.6 Å². The molecule has 2 heterocycles. The van der Waals surface area contributed by atoms with Crippen molar-refractivity contribution in [2.75, 3.05) is 13.2 Å². The first-order valence-corrected chi connectivity index (χ1v) is 15.7. The van der Waals surface area contributed by atoms with E-state index in [1.807, 2.05) is 0 Å². The number of phenols is 2. The van der Waals surface area contributed by atoms with E-state index in [9.17, 15) is 60.0 Å². The van der Waals surface area contributed by atoms with Crippen LogP contribution in [0.4, 0.5) is 0 Å². The number of carbonyl (C=O) groups is 4. The van der Waals surface area contributed by atoms with Crippen molar-refractivity contribution in [3.8, 4) is 11.5 Å². The molecule has 1 aromatic carbocycles. The van der Waals surface area contributed by atoms with Gasteiger partial charge in [0, 0.05) is 46.8 Å². The monoisotopic (exact) mass is 671 g/mol. The summed E-state index contributed by atoms with van der Waals surface area (Å²) in [5.74, 6) is -9.96. The van der Waals surface area contributed by atoms with Gasteiger partial charge in [-0.1, -0.05) is 52.0 Å². The zero-order valence-electron chi connectivity index (χ0n) is 27.7. The van der Waals surface area contributed by atoms with Crippen LogP contribution >= 0.6 is 0 Å². The number of hydrogen-bond acceptors (Lipinski definition) is 12. The van der Waals surface area contributed by atoms with Gasteiger partial charge in [0.05, 0.1) is 60.0 Å². The topological polar surface area (TPSA) is 242 Å². The van der Waals surface area contributed by atoms with Crippen LogP contribution in [0.1, 0.15) is 71.3 Å². The number of ketones is 3. The molecule has 0 unspecified atom stereocenters. The molecule has 1 aromatic rings. The maximum atomic E-state index is 13.8. The van der Waals surface area contributed by atoms with Crippen molar-refractivity contribution in [1.82, 2.24) is 5.32 Å². The third-order valence-electron chi connectivity index (χ3n) is 9.57. The van der Waals surface area contributed by atoms with E-state index in [0.717, 1.165) is 6.08 Å². The Balaban J connectivity index is 2.24. The number of hydrogen-bond donors (Lipinski definition) is 9. The number of aliphatic hydroxyl groups excluding tert-OH is 6. The minimum atomic E-state index is -1.46. The van der Waals surface area contributed by atoms with Crippen LogP contribution in [-0.4, -0.2) is 102 Å². The first-order valence-electron chi connectivity index (χ1n) is 15.7. The highest BCUT2D eigenvalue weighted by Gasteiger charge is 2.40. The van der Waals surface area contributed by atoms with E-state index in [0.29, 0.717) is 0 Å². The third-order valence-corrected chi connectivity index (χ3v) is 9.57. The SMILES string of the molecule is C/C1=C\[C@H](CO)[C@H](O)[C@@H](C)[C@@H](O)[C@H](C)[C@H](O)[C@H](C)[C@@H](O)[C@@H](C)/C=C/C=C(/CO)C(=O)NC2=CC(=O)c3c(c(O)c(C)c(O)c3C1=O)C2=O. The number of carbonyl (C=O) groups excluding carboxylic acids is 4. The van der Waals surface area contributed by atoms with Gasteiger partial charge in [-0.2, -0.15) is 0 Å². The largest absolute Gasteiger partial charge is 0.507 e. The molecule has 9 N–H and O–H groups in total. The molecule has 13 nitrogen and oxygen atoms in total. The summed E-state index contributed by atoms with van der Waals surface area (Å²) >= 11 is 0. The molecule has 0 saturated carbocycles. The molecule has 3 aliphatic rings. The summed E-state index contributed by atoms with van der Waals surface area (Å²) in [5, 5.41) is 88.4. The van der Waals surface area contributed by atoms with Crippen LogP contribution in [0.25, 0.3) is 0 Å². The minimum Gasteiger partial charge on any atom is -0.507 e. The standard InChI is InChI=1S/C35H45NO12/c1-14-8-7-9-20(12-37)35(48)36-22-11-23(39)24-25(32(45)19(6)33(46)26(24)34(22)47)28(41)15(2)10-21(13-38)31(44)18(5)30(43)17(4)29(42)16(3)27(14)40/h7-11,14,16-18,21,27,29-31,37-38,40,42-46H,12-13H2,1-6H3,(H,36,48)/b8-7+,15-10+,20-9-/t14-,16+,17+,18-,21+,27-,29+,30-,31+/m0/s1. The van der Waals surface area contributed by atoms with Gasteiger partial charge in [0.2, 0.25) is 5.78 Å².